The van der Waals surface area contributed by atoms with Gasteiger partial charge in [-0.15, -0.1) is 0 Å². The highest BCUT2D eigenvalue weighted by Crippen LogP contribution is 2.36. The summed E-state index contributed by atoms with van der Waals surface area (Å²) in [6.45, 7) is 1.26. The predicted molar refractivity (Wildman–Crippen MR) is 136 cm³/mol. The number of carbonyl (C=O) groups is 2. The summed E-state index contributed by atoms with van der Waals surface area (Å²) >= 11 is 0. The molecule has 1 aliphatic heterocycles. The van der Waals surface area contributed by atoms with Crippen LogP contribution in [0, 0.1) is 11.6 Å². The first kappa shape index (κ1) is 30.9. The molecule has 0 aromatic heterocycles. The summed E-state index contributed by atoms with van der Waals surface area (Å²) in [5.74, 6) is -2.29. The zero-order valence-corrected chi connectivity index (χ0v) is 22.0. The summed E-state index contributed by atoms with van der Waals surface area (Å²) in [6, 6.07) is 11.4. The lowest BCUT2D eigenvalue weighted by atomic mass is 10.0. The third-order valence-electron chi connectivity index (χ3n) is 6.85. The Labute approximate surface area is 235 Å². The van der Waals surface area contributed by atoms with Gasteiger partial charge in [0.1, 0.15) is 11.6 Å². The van der Waals surface area contributed by atoms with Crippen LogP contribution in [0.5, 0.6) is 0 Å². The Morgan fingerprint density at radius 1 is 0.690 bits per heavy atom. The second kappa shape index (κ2) is 12.5. The first-order valence-electron chi connectivity index (χ1n) is 12.8. The van der Waals surface area contributed by atoms with Gasteiger partial charge in [0.05, 0.1) is 11.1 Å². The van der Waals surface area contributed by atoms with Crippen molar-refractivity contribution < 1.29 is 44.7 Å². The van der Waals surface area contributed by atoms with E-state index in [2.05, 4.69) is 0 Å². The maximum Gasteiger partial charge on any atom is 0.416 e. The van der Waals surface area contributed by atoms with Crippen LogP contribution in [-0.2, 0) is 18.9 Å². The molecule has 42 heavy (non-hydrogen) atoms. The van der Waals surface area contributed by atoms with E-state index in [-0.39, 0.29) is 50.9 Å². The minimum Gasteiger partial charge on any atom is -0.336 e. The number of benzene rings is 3. The molecule has 0 N–H and O–H groups in total. The van der Waals surface area contributed by atoms with E-state index < -0.39 is 52.5 Å². The molecule has 0 radical (unpaired) electrons. The van der Waals surface area contributed by atoms with Crippen molar-refractivity contribution in [2.24, 2.45) is 0 Å². The number of amides is 2. The molecule has 4 rings (SSSR count). The Kier molecular flexibility index (Phi) is 9.19. The second-order valence-corrected chi connectivity index (χ2v) is 9.79. The summed E-state index contributed by atoms with van der Waals surface area (Å²) in [7, 11) is 0. The van der Waals surface area contributed by atoms with E-state index in [4.69, 9.17) is 0 Å². The zero-order chi connectivity index (χ0) is 30.7. The zero-order valence-electron chi connectivity index (χ0n) is 22.0. The van der Waals surface area contributed by atoms with Crippen molar-refractivity contribution in [1.82, 2.24) is 14.7 Å². The number of hydrogen-bond donors (Lipinski definition) is 0. The average molecular weight is 600 g/mol. The van der Waals surface area contributed by atoms with Gasteiger partial charge < -0.3 is 9.80 Å². The molecule has 0 unspecified atom stereocenters. The van der Waals surface area contributed by atoms with Gasteiger partial charge >= 0.3 is 12.4 Å². The van der Waals surface area contributed by atoms with E-state index in [9.17, 15) is 44.7 Å². The number of nitrogens with zero attached hydrogens (tertiary/aromatic N) is 3. The van der Waals surface area contributed by atoms with E-state index in [0.717, 1.165) is 12.1 Å². The van der Waals surface area contributed by atoms with Gasteiger partial charge in [-0.2, -0.15) is 26.3 Å². The van der Waals surface area contributed by atoms with Crippen LogP contribution in [0.1, 0.15) is 37.4 Å². The maximum atomic E-state index is 13.4. The third kappa shape index (κ3) is 7.84. The van der Waals surface area contributed by atoms with Crippen LogP contribution in [0.4, 0.5) is 35.1 Å². The van der Waals surface area contributed by atoms with Crippen molar-refractivity contribution in [3.05, 3.63) is 106 Å². The van der Waals surface area contributed by atoms with Crippen molar-refractivity contribution in [3.8, 4) is 0 Å². The van der Waals surface area contributed by atoms with Crippen molar-refractivity contribution in [3.63, 3.8) is 0 Å². The van der Waals surface area contributed by atoms with E-state index in [1.165, 1.54) is 46.2 Å². The van der Waals surface area contributed by atoms with E-state index in [1.54, 1.807) is 0 Å². The highest BCUT2D eigenvalue weighted by atomic mass is 19.4. The Morgan fingerprint density at radius 2 is 1.19 bits per heavy atom. The molecule has 1 fully saturated rings. The number of carbonyl (C=O) groups excluding carboxylic acids is 2. The lowest BCUT2D eigenvalue weighted by Crippen LogP contribution is -2.50. The Hall–Kier alpha value is -4.00. The van der Waals surface area contributed by atoms with Gasteiger partial charge in [0.15, 0.2) is 0 Å². The first-order chi connectivity index (χ1) is 19.7. The third-order valence-corrected chi connectivity index (χ3v) is 6.85. The highest BCUT2D eigenvalue weighted by molar-refractivity contribution is 5.95. The first-order valence-corrected chi connectivity index (χ1v) is 12.8. The van der Waals surface area contributed by atoms with Crippen molar-refractivity contribution in [2.45, 2.75) is 18.9 Å². The molecule has 13 heteroatoms. The molecular formula is C29H25F8N3O2. The summed E-state index contributed by atoms with van der Waals surface area (Å²) in [6.07, 6.45) is -10.1. The van der Waals surface area contributed by atoms with Crippen LogP contribution in [0.25, 0.3) is 0 Å². The van der Waals surface area contributed by atoms with E-state index >= 15 is 0 Å². The van der Waals surface area contributed by atoms with Crippen molar-refractivity contribution >= 4 is 11.8 Å². The summed E-state index contributed by atoms with van der Waals surface area (Å²) in [5, 5.41) is 0. The molecule has 1 saturated heterocycles. The summed E-state index contributed by atoms with van der Waals surface area (Å²) < 4.78 is 106. The number of rotatable bonds is 7. The lowest BCUT2D eigenvalue weighted by molar-refractivity contribution is -0.143. The molecule has 5 nitrogen and oxygen atoms in total. The quantitative estimate of drug-likeness (QED) is 0.309. The molecule has 0 spiro atoms. The SMILES string of the molecule is O=C(c1cc(C(F)(F)F)cc(C(F)(F)F)c1)N1CCN(CCN(Cc2ccc(F)cc2)C(=O)c2ccc(F)cc2)CC1. The molecule has 2 amide bonds. The monoisotopic (exact) mass is 599 g/mol. The minimum atomic E-state index is -5.07. The van der Waals surface area contributed by atoms with Gasteiger partial charge in [-0.05, 0) is 60.2 Å². The van der Waals surface area contributed by atoms with Gasteiger partial charge in [-0.3, -0.25) is 14.5 Å². The molecule has 0 bridgehead atoms. The van der Waals surface area contributed by atoms with Crippen LogP contribution in [0.3, 0.4) is 0 Å². The standard InChI is InChI=1S/C29H25F8N3O2/c30-24-5-1-19(2-6-24)18-40(26(41)20-3-7-25(31)8-4-20)14-11-38-9-12-39(13-10-38)27(42)21-15-22(28(32,33)34)17-23(16-21)29(35,36)37/h1-8,15-17H,9-14,18H2. The number of halogens is 8. The number of piperazine rings is 1. The molecular weight excluding hydrogens is 574 g/mol. The lowest BCUT2D eigenvalue weighted by Gasteiger charge is -2.36. The normalized spacial score (nSPS) is 14.6. The van der Waals surface area contributed by atoms with Gasteiger partial charge in [0.2, 0.25) is 0 Å². The molecule has 1 heterocycles. The van der Waals surface area contributed by atoms with Gasteiger partial charge in [0, 0.05) is 56.9 Å². The Balaban J connectivity index is 1.42. The molecule has 3 aromatic carbocycles. The van der Waals surface area contributed by atoms with Gasteiger partial charge in [0.25, 0.3) is 11.8 Å². The fourth-order valence-electron chi connectivity index (χ4n) is 4.54. The minimum absolute atomic E-state index is 0.0281. The molecule has 0 saturated carbocycles. The number of hydrogen-bond acceptors (Lipinski definition) is 3. The fourth-order valence-corrected chi connectivity index (χ4v) is 4.54. The van der Waals surface area contributed by atoms with Crippen LogP contribution in [-0.4, -0.2) is 65.8 Å². The Morgan fingerprint density at radius 3 is 1.69 bits per heavy atom. The molecule has 0 atom stereocenters. The molecule has 0 aliphatic carbocycles. The van der Waals surface area contributed by atoms with Crippen LogP contribution in [0.15, 0.2) is 66.7 Å². The van der Waals surface area contributed by atoms with Crippen molar-refractivity contribution in [1.29, 1.82) is 0 Å². The summed E-state index contributed by atoms with van der Waals surface area (Å²) in [4.78, 5) is 30.7. The van der Waals surface area contributed by atoms with Crippen LogP contribution in [0.2, 0.25) is 0 Å². The fraction of sp³-hybridized carbons (Fsp3) is 0.310. The highest BCUT2D eigenvalue weighted by Gasteiger charge is 2.38. The smallest absolute Gasteiger partial charge is 0.336 e. The molecule has 3 aromatic rings. The number of alkyl halides is 6. The summed E-state index contributed by atoms with van der Waals surface area (Å²) in [5.41, 5.74) is -2.94. The van der Waals surface area contributed by atoms with Crippen molar-refractivity contribution in [2.75, 3.05) is 39.3 Å². The Bertz CT molecular complexity index is 1370. The van der Waals surface area contributed by atoms with Gasteiger partial charge in [-0.1, -0.05) is 12.1 Å². The van der Waals surface area contributed by atoms with E-state index in [1.807, 2.05) is 4.90 Å². The van der Waals surface area contributed by atoms with Crippen LogP contribution >= 0.6 is 0 Å². The van der Waals surface area contributed by atoms with Crippen LogP contribution < -0.4 is 0 Å². The topological polar surface area (TPSA) is 43.9 Å². The average Bonchev–Trinajstić information content (AvgIpc) is 2.95. The molecule has 1 aliphatic rings. The second-order valence-electron chi connectivity index (χ2n) is 9.79. The molecule has 224 valence electrons. The maximum absolute atomic E-state index is 13.4. The largest absolute Gasteiger partial charge is 0.416 e. The van der Waals surface area contributed by atoms with E-state index in [0.29, 0.717) is 24.2 Å². The van der Waals surface area contributed by atoms with Gasteiger partial charge in [-0.25, -0.2) is 8.78 Å². The predicted octanol–water partition coefficient (Wildman–Crippen LogP) is 6.10.